The monoisotopic (exact) mass is 311 g/mol. The lowest BCUT2D eigenvalue weighted by Crippen LogP contribution is -2.49. The minimum Gasteiger partial charge on any atom is -0.480 e. The van der Waals surface area contributed by atoms with Gasteiger partial charge in [-0.3, -0.25) is 0 Å². The van der Waals surface area contributed by atoms with Crippen LogP contribution in [-0.4, -0.2) is 16.6 Å². The number of benzene rings is 1. The lowest BCUT2D eigenvalue weighted by molar-refractivity contribution is -0.144. The molecule has 0 heterocycles. The van der Waals surface area contributed by atoms with E-state index in [1.165, 1.54) is 0 Å². The third-order valence-electron chi connectivity index (χ3n) is 3.63. The van der Waals surface area contributed by atoms with E-state index < -0.39 is 11.5 Å². The lowest BCUT2D eigenvalue weighted by Gasteiger charge is -2.37. The molecule has 0 saturated heterocycles. The Morgan fingerprint density at radius 1 is 1.44 bits per heavy atom. The average Bonchev–Trinajstić information content (AvgIpc) is 2.32. The molecule has 1 aliphatic carbocycles. The fourth-order valence-electron chi connectivity index (χ4n) is 2.72. The van der Waals surface area contributed by atoms with Crippen LogP contribution in [0.4, 0.5) is 5.69 Å². The van der Waals surface area contributed by atoms with Crippen molar-refractivity contribution in [3.05, 3.63) is 28.7 Å². The van der Waals surface area contributed by atoms with Crippen LogP contribution in [0, 0.1) is 5.92 Å². The Labute approximate surface area is 116 Å². The molecule has 1 saturated carbocycles. The minimum absolute atomic E-state index is 0.456. The summed E-state index contributed by atoms with van der Waals surface area (Å²) in [6.07, 6.45) is 3.48. The lowest BCUT2D eigenvalue weighted by atomic mass is 9.76. The number of hydrogen-bond acceptors (Lipinski definition) is 2. The summed E-state index contributed by atoms with van der Waals surface area (Å²) in [6, 6.07) is 7.66. The first-order valence-electron chi connectivity index (χ1n) is 6.29. The van der Waals surface area contributed by atoms with E-state index in [0.717, 1.165) is 23.0 Å². The number of carboxylic acids is 1. The van der Waals surface area contributed by atoms with E-state index in [2.05, 4.69) is 28.2 Å². The fourth-order valence-corrected chi connectivity index (χ4v) is 2.99. The standard InChI is InChI=1S/C14H18BrNO2/c1-10-3-2-8-14(9-10,13(17)18)16-12-6-4-11(15)5-7-12/h4-7,10,16H,2-3,8-9H2,1H3,(H,17,18). The summed E-state index contributed by atoms with van der Waals surface area (Å²) in [5.74, 6) is -0.283. The second kappa shape index (κ2) is 5.31. The highest BCUT2D eigenvalue weighted by Crippen LogP contribution is 2.35. The predicted molar refractivity (Wildman–Crippen MR) is 75.8 cm³/mol. The van der Waals surface area contributed by atoms with Gasteiger partial charge in [-0.2, -0.15) is 0 Å². The smallest absolute Gasteiger partial charge is 0.329 e. The van der Waals surface area contributed by atoms with Crippen LogP contribution >= 0.6 is 15.9 Å². The van der Waals surface area contributed by atoms with Crippen molar-refractivity contribution in [1.29, 1.82) is 0 Å². The molecule has 3 nitrogen and oxygen atoms in total. The first kappa shape index (κ1) is 13.4. The van der Waals surface area contributed by atoms with Crippen molar-refractivity contribution in [1.82, 2.24) is 0 Å². The van der Waals surface area contributed by atoms with Gasteiger partial charge in [0.2, 0.25) is 0 Å². The maximum Gasteiger partial charge on any atom is 0.329 e. The Morgan fingerprint density at radius 2 is 2.11 bits per heavy atom. The van der Waals surface area contributed by atoms with Gasteiger partial charge in [0.25, 0.3) is 0 Å². The normalized spacial score (nSPS) is 27.8. The molecular weight excluding hydrogens is 294 g/mol. The van der Waals surface area contributed by atoms with Crippen molar-refractivity contribution in [3.8, 4) is 0 Å². The first-order chi connectivity index (χ1) is 8.52. The highest BCUT2D eigenvalue weighted by Gasteiger charge is 2.41. The van der Waals surface area contributed by atoms with Crippen molar-refractivity contribution in [2.24, 2.45) is 5.92 Å². The van der Waals surface area contributed by atoms with Gasteiger partial charge in [0.15, 0.2) is 0 Å². The van der Waals surface area contributed by atoms with Crippen LogP contribution in [0.25, 0.3) is 0 Å². The highest BCUT2D eigenvalue weighted by molar-refractivity contribution is 9.10. The molecular formula is C14H18BrNO2. The molecule has 1 aliphatic rings. The molecule has 2 unspecified atom stereocenters. The van der Waals surface area contributed by atoms with Crippen molar-refractivity contribution in [2.75, 3.05) is 5.32 Å². The zero-order valence-electron chi connectivity index (χ0n) is 10.4. The Morgan fingerprint density at radius 3 is 2.67 bits per heavy atom. The summed E-state index contributed by atoms with van der Waals surface area (Å²) < 4.78 is 0.995. The Hall–Kier alpha value is -1.03. The molecule has 0 aromatic heterocycles. The van der Waals surface area contributed by atoms with Gasteiger partial charge in [0.05, 0.1) is 0 Å². The second-order valence-corrected chi connectivity index (χ2v) is 6.14. The number of anilines is 1. The first-order valence-corrected chi connectivity index (χ1v) is 7.08. The molecule has 1 aromatic carbocycles. The van der Waals surface area contributed by atoms with E-state index in [9.17, 15) is 9.90 Å². The van der Waals surface area contributed by atoms with E-state index in [0.29, 0.717) is 18.8 Å². The molecule has 1 fully saturated rings. The van der Waals surface area contributed by atoms with Gasteiger partial charge in [-0.1, -0.05) is 35.7 Å². The maximum atomic E-state index is 11.6. The van der Waals surface area contributed by atoms with Crippen LogP contribution in [0.3, 0.4) is 0 Å². The number of hydrogen-bond donors (Lipinski definition) is 2. The van der Waals surface area contributed by atoms with Crippen molar-refractivity contribution in [2.45, 2.75) is 38.1 Å². The van der Waals surface area contributed by atoms with E-state index in [4.69, 9.17) is 0 Å². The summed E-state index contributed by atoms with van der Waals surface area (Å²) in [5.41, 5.74) is 0.0700. The number of nitrogens with one attached hydrogen (secondary N) is 1. The van der Waals surface area contributed by atoms with Gasteiger partial charge < -0.3 is 10.4 Å². The molecule has 2 N–H and O–H groups in total. The van der Waals surface area contributed by atoms with E-state index in [-0.39, 0.29) is 0 Å². The SMILES string of the molecule is CC1CCCC(Nc2ccc(Br)cc2)(C(=O)O)C1. The van der Waals surface area contributed by atoms with Crippen LogP contribution in [0.1, 0.15) is 32.6 Å². The molecule has 1 aromatic rings. The zero-order valence-corrected chi connectivity index (χ0v) is 12.0. The number of aliphatic carboxylic acids is 1. The molecule has 0 radical (unpaired) electrons. The van der Waals surface area contributed by atoms with Crippen LogP contribution < -0.4 is 5.32 Å². The minimum atomic E-state index is -0.800. The second-order valence-electron chi connectivity index (χ2n) is 5.22. The molecule has 4 heteroatoms. The summed E-state index contributed by atoms with van der Waals surface area (Å²) in [4.78, 5) is 11.6. The van der Waals surface area contributed by atoms with E-state index in [1.54, 1.807) is 0 Å². The van der Waals surface area contributed by atoms with Gasteiger partial charge in [0, 0.05) is 10.2 Å². The quantitative estimate of drug-likeness (QED) is 0.890. The van der Waals surface area contributed by atoms with Gasteiger partial charge in [-0.25, -0.2) is 4.79 Å². The third kappa shape index (κ3) is 2.86. The number of carbonyl (C=O) groups is 1. The molecule has 0 amide bonds. The van der Waals surface area contributed by atoms with E-state index >= 15 is 0 Å². The Bertz CT molecular complexity index is 432. The largest absolute Gasteiger partial charge is 0.480 e. The molecule has 0 aliphatic heterocycles. The average molecular weight is 312 g/mol. The molecule has 98 valence electrons. The van der Waals surface area contributed by atoms with Crippen LogP contribution in [-0.2, 0) is 4.79 Å². The number of halogens is 1. The van der Waals surface area contributed by atoms with Crippen LogP contribution in [0.15, 0.2) is 28.7 Å². The van der Waals surface area contributed by atoms with Gasteiger partial charge in [-0.05, 0) is 43.0 Å². The van der Waals surface area contributed by atoms with Crippen LogP contribution in [0.5, 0.6) is 0 Å². The molecule has 18 heavy (non-hydrogen) atoms. The summed E-state index contributed by atoms with van der Waals surface area (Å²) in [7, 11) is 0. The summed E-state index contributed by atoms with van der Waals surface area (Å²) in [6.45, 7) is 2.13. The van der Waals surface area contributed by atoms with Gasteiger partial charge in [-0.15, -0.1) is 0 Å². The topological polar surface area (TPSA) is 49.3 Å². The van der Waals surface area contributed by atoms with Crippen molar-refractivity contribution in [3.63, 3.8) is 0 Å². The molecule has 0 spiro atoms. The van der Waals surface area contributed by atoms with Gasteiger partial charge in [0.1, 0.15) is 5.54 Å². The third-order valence-corrected chi connectivity index (χ3v) is 4.16. The van der Waals surface area contributed by atoms with Crippen molar-refractivity contribution < 1.29 is 9.90 Å². The summed E-state index contributed by atoms with van der Waals surface area (Å²) >= 11 is 3.38. The van der Waals surface area contributed by atoms with E-state index in [1.807, 2.05) is 24.3 Å². The molecule has 2 atom stereocenters. The number of carboxylic acid groups (broad SMARTS) is 1. The summed E-state index contributed by atoms with van der Waals surface area (Å²) in [5, 5.41) is 12.8. The molecule has 0 bridgehead atoms. The Balaban J connectivity index is 2.20. The molecule has 2 rings (SSSR count). The Kier molecular flexibility index (Phi) is 3.95. The van der Waals surface area contributed by atoms with Crippen molar-refractivity contribution >= 4 is 27.6 Å². The fraction of sp³-hybridized carbons (Fsp3) is 0.500. The number of rotatable bonds is 3. The maximum absolute atomic E-state index is 11.6. The van der Waals surface area contributed by atoms with Crippen LogP contribution in [0.2, 0.25) is 0 Å². The zero-order chi connectivity index (χ0) is 13.2. The highest BCUT2D eigenvalue weighted by atomic mass is 79.9. The van der Waals surface area contributed by atoms with Gasteiger partial charge >= 0.3 is 5.97 Å². The predicted octanol–water partition coefficient (Wildman–Crippen LogP) is 3.89.